The van der Waals surface area contributed by atoms with E-state index in [9.17, 15) is 9.18 Å². The van der Waals surface area contributed by atoms with Crippen LogP contribution in [0.2, 0.25) is 0 Å². The zero-order valence-corrected chi connectivity index (χ0v) is 17.4. The van der Waals surface area contributed by atoms with Gasteiger partial charge in [-0.1, -0.05) is 12.1 Å². The van der Waals surface area contributed by atoms with Crippen LogP contribution in [-0.4, -0.2) is 43.4 Å². The summed E-state index contributed by atoms with van der Waals surface area (Å²) in [6, 6.07) is 6.62. The van der Waals surface area contributed by atoms with Crippen LogP contribution in [0, 0.1) is 25.6 Å². The third-order valence-electron chi connectivity index (χ3n) is 5.76. The van der Waals surface area contributed by atoms with E-state index in [0.29, 0.717) is 18.2 Å². The highest BCUT2D eigenvalue weighted by Gasteiger charge is 2.25. The highest BCUT2D eigenvalue weighted by atomic mass is 19.1. The fourth-order valence-corrected chi connectivity index (χ4v) is 3.93. The van der Waals surface area contributed by atoms with Crippen LogP contribution in [0.3, 0.4) is 0 Å². The summed E-state index contributed by atoms with van der Waals surface area (Å²) in [6.07, 6.45) is 7.83. The molecular weight excluding hydrogens is 381 g/mol. The number of aromatic nitrogens is 4. The van der Waals surface area contributed by atoms with E-state index in [1.165, 1.54) is 12.1 Å². The molecule has 0 radical (unpaired) electrons. The number of likely N-dealkylation sites (tertiary alicyclic amines) is 1. The molecule has 7 heteroatoms. The van der Waals surface area contributed by atoms with Gasteiger partial charge in [0.2, 0.25) is 0 Å². The Balaban J connectivity index is 1.37. The molecule has 0 unspecified atom stereocenters. The first-order chi connectivity index (χ1) is 14.5. The minimum atomic E-state index is -0.223. The maximum absolute atomic E-state index is 13.2. The minimum Gasteiger partial charge on any atom is -0.337 e. The van der Waals surface area contributed by atoms with E-state index in [-0.39, 0.29) is 11.7 Å². The van der Waals surface area contributed by atoms with Crippen LogP contribution in [0.15, 0.2) is 42.9 Å². The topological polar surface area (TPSA) is 63.9 Å². The molecule has 1 fully saturated rings. The minimum absolute atomic E-state index is 0.0467. The third-order valence-corrected chi connectivity index (χ3v) is 5.76. The molecular formula is C23H26FN5O. The number of hydrogen-bond acceptors (Lipinski definition) is 4. The number of imidazole rings is 1. The number of amides is 1. The zero-order chi connectivity index (χ0) is 21.1. The number of rotatable bonds is 5. The lowest BCUT2D eigenvalue weighted by Gasteiger charge is -2.31. The fourth-order valence-electron chi connectivity index (χ4n) is 3.93. The average molecular weight is 407 g/mol. The second-order valence-electron chi connectivity index (χ2n) is 8.01. The third kappa shape index (κ3) is 4.56. The first-order valence-corrected chi connectivity index (χ1v) is 10.3. The maximum atomic E-state index is 13.2. The standard InChI is InChI=1S/C23H26FN5O/c1-16-12-26-21(14-25-16)23(30)28-9-7-18(8-10-28)11-22-27-13-17(2)29(22)15-19-3-5-20(24)6-4-19/h3-6,12-14,18H,7-11,15H2,1-2H3. The second-order valence-corrected chi connectivity index (χ2v) is 8.01. The Labute approximate surface area is 175 Å². The van der Waals surface area contributed by atoms with Crippen molar-refractivity contribution in [1.29, 1.82) is 0 Å². The van der Waals surface area contributed by atoms with Gasteiger partial charge in [-0.25, -0.2) is 14.4 Å². The molecule has 1 amide bonds. The predicted octanol–water partition coefficient (Wildman–Crippen LogP) is 3.57. The summed E-state index contributed by atoms with van der Waals surface area (Å²) in [5.41, 5.74) is 3.36. The van der Waals surface area contributed by atoms with Crippen molar-refractivity contribution in [2.75, 3.05) is 13.1 Å². The van der Waals surface area contributed by atoms with Gasteiger partial charge in [-0.2, -0.15) is 0 Å². The Bertz CT molecular complexity index is 1010. The Hall–Kier alpha value is -3.09. The number of benzene rings is 1. The monoisotopic (exact) mass is 407 g/mol. The molecule has 1 aliphatic rings. The van der Waals surface area contributed by atoms with Crippen molar-refractivity contribution in [3.8, 4) is 0 Å². The van der Waals surface area contributed by atoms with Gasteiger partial charge in [0.25, 0.3) is 5.91 Å². The average Bonchev–Trinajstić information content (AvgIpc) is 3.09. The Morgan fingerprint density at radius 2 is 1.77 bits per heavy atom. The highest BCUT2D eigenvalue weighted by molar-refractivity contribution is 5.92. The van der Waals surface area contributed by atoms with Crippen LogP contribution in [0.25, 0.3) is 0 Å². The smallest absolute Gasteiger partial charge is 0.274 e. The van der Waals surface area contributed by atoms with E-state index >= 15 is 0 Å². The van der Waals surface area contributed by atoms with Crippen molar-refractivity contribution in [2.24, 2.45) is 5.92 Å². The Morgan fingerprint density at radius 3 is 2.43 bits per heavy atom. The number of nitrogens with zero attached hydrogens (tertiary/aromatic N) is 5. The van der Waals surface area contributed by atoms with Gasteiger partial charge in [0.05, 0.1) is 11.9 Å². The van der Waals surface area contributed by atoms with Gasteiger partial charge in [-0.3, -0.25) is 9.78 Å². The molecule has 0 aliphatic carbocycles. The molecule has 6 nitrogen and oxygen atoms in total. The van der Waals surface area contributed by atoms with Crippen molar-refractivity contribution in [2.45, 2.75) is 39.7 Å². The number of halogens is 1. The van der Waals surface area contributed by atoms with Gasteiger partial charge in [0, 0.05) is 44.1 Å². The van der Waals surface area contributed by atoms with Gasteiger partial charge < -0.3 is 9.47 Å². The number of aryl methyl sites for hydroxylation is 2. The van der Waals surface area contributed by atoms with Gasteiger partial charge in [0.1, 0.15) is 17.3 Å². The van der Waals surface area contributed by atoms with Gasteiger partial charge in [-0.05, 0) is 50.3 Å². The molecule has 1 saturated heterocycles. The number of carbonyl (C=O) groups is 1. The molecule has 156 valence electrons. The summed E-state index contributed by atoms with van der Waals surface area (Å²) in [4.78, 5) is 27.5. The van der Waals surface area contributed by atoms with Crippen LogP contribution in [0.5, 0.6) is 0 Å². The fraction of sp³-hybridized carbons (Fsp3) is 0.391. The Kier molecular flexibility index (Phi) is 5.88. The number of carbonyl (C=O) groups excluding carboxylic acids is 1. The van der Waals surface area contributed by atoms with E-state index in [4.69, 9.17) is 0 Å². The van der Waals surface area contributed by atoms with Crippen molar-refractivity contribution < 1.29 is 9.18 Å². The first kappa shape index (κ1) is 20.2. The van der Waals surface area contributed by atoms with Gasteiger partial charge in [0.15, 0.2) is 0 Å². The molecule has 0 saturated carbocycles. The second kappa shape index (κ2) is 8.73. The molecule has 0 spiro atoms. The van der Waals surface area contributed by atoms with E-state index in [2.05, 4.69) is 19.5 Å². The normalized spacial score (nSPS) is 14.8. The summed E-state index contributed by atoms with van der Waals surface area (Å²) in [6.45, 7) is 6.02. The maximum Gasteiger partial charge on any atom is 0.274 e. The van der Waals surface area contributed by atoms with E-state index in [1.807, 2.05) is 37.1 Å². The molecule has 2 aromatic heterocycles. The highest BCUT2D eigenvalue weighted by Crippen LogP contribution is 2.23. The Morgan fingerprint density at radius 1 is 1.03 bits per heavy atom. The summed E-state index contributed by atoms with van der Waals surface area (Å²) in [5, 5.41) is 0. The quantitative estimate of drug-likeness (QED) is 0.649. The molecule has 3 heterocycles. The van der Waals surface area contributed by atoms with Crippen LogP contribution in [-0.2, 0) is 13.0 Å². The van der Waals surface area contributed by atoms with Crippen LogP contribution in [0.4, 0.5) is 4.39 Å². The molecule has 4 rings (SSSR count). The number of hydrogen-bond donors (Lipinski definition) is 0. The largest absolute Gasteiger partial charge is 0.337 e. The molecule has 0 atom stereocenters. The lowest BCUT2D eigenvalue weighted by molar-refractivity contribution is 0.0683. The zero-order valence-electron chi connectivity index (χ0n) is 17.4. The lowest BCUT2D eigenvalue weighted by Crippen LogP contribution is -2.39. The number of piperidine rings is 1. The van der Waals surface area contributed by atoms with Crippen molar-refractivity contribution in [3.05, 3.63) is 77.1 Å². The lowest BCUT2D eigenvalue weighted by atomic mass is 9.93. The molecule has 30 heavy (non-hydrogen) atoms. The molecule has 3 aromatic rings. The summed E-state index contributed by atoms with van der Waals surface area (Å²) >= 11 is 0. The predicted molar refractivity (Wildman–Crippen MR) is 112 cm³/mol. The van der Waals surface area contributed by atoms with Crippen LogP contribution < -0.4 is 0 Å². The van der Waals surface area contributed by atoms with E-state index in [1.54, 1.807) is 12.4 Å². The molecule has 0 bridgehead atoms. The molecule has 1 aromatic carbocycles. The molecule has 0 N–H and O–H groups in total. The van der Waals surface area contributed by atoms with Gasteiger partial charge >= 0.3 is 0 Å². The van der Waals surface area contributed by atoms with E-state index in [0.717, 1.165) is 55.1 Å². The van der Waals surface area contributed by atoms with Crippen LogP contribution >= 0.6 is 0 Å². The van der Waals surface area contributed by atoms with Crippen molar-refractivity contribution >= 4 is 5.91 Å². The SMILES string of the molecule is Cc1cnc(C(=O)N2CCC(Cc3ncc(C)n3Cc3ccc(F)cc3)CC2)cn1. The van der Waals surface area contributed by atoms with Crippen LogP contribution in [0.1, 0.15) is 46.1 Å². The van der Waals surface area contributed by atoms with Crippen molar-refractivity contribution in [3.63, 3.8) is 0 Å². The molecule has 1 aliphatic heterocycles. The van der Waals surface area contributed by atoms with Crippen molar-refractivity contribution in [1.82, 2.24) is 24.4 Å². The summed E-state index contributed by atoms with van der Waals surface area (Å²) in [7, 11) is 0. The van der Waals surface area contributed by atoms with Gasteiger partial charge in [-0.15, -0.1) is 0 Å². The first-order valence-electron chi connectivity index (χ1n) is 10.3. The van der Waals surface area contributed by atoms with E-state index < -0.39 is 0 Å². The summed E-state index contributed by atoms with van der Waals surface area (Å²) in [5.74, 6) is 1.26. The summed E-state index contributed by atoms with van der Waals surface area (Å²) < 4.78 is 15.4.